The lowest BCUT2D eigenvalue weighted by Crippen LogP contribution is -2.37. The number of hydrogen-bond donors (Lipinski definition) is 1. The SMILES string of the molecule is COc1cc(/C=C2\NC(=O)N(Cc3ccccc3)C2=O)ccc1O[C@@H](C)C(=O)[O-]. The maximum atomic E-state index is 12.6. The number of aliphatic carboxylic acids is 1. The number of benzene rings is 2. The number of rotatable bonds is 7. The first-order chi connectivity index (χ1) is 13.9. The van der Waals surface area contributed by atoms with Crippen LogP contribution in [-0.2, 0) is 16.1 Å². The van der Waals surface area contributed by atoms with Gasteiger partial charge in [-0.1, -0.05) is 36.4 Å². The molecule has 0 unspecified atom stereocenters. The van der Waals surface area contributed by atoms with Crippen LogP contribution in [0.15, 0.2) is 54.2 Å². The molecule has 1 N–H and O–H groups in total. The fourth-order valence-corrected chi connectivity index (χ4v) is 2.76. The first-order valence-corrected chi connectivity index (χ1v) is 8.83. The number of ether oxygens (including phenoxy) is 2. The summed E-state index contributed by atoms with van der Waals surface area (Å²) in [6.07, 6.45) is 0.357. The van der Waals surface area contributed by atoms with Gasteiger partial charge in [-0.15, -0.1) is 0 Å². The Morgan fingerprint density at radius 3 is 2.55 bits per heavy atom. The highest BCUT2D eigenvalue weighted by atomic mass is 16.5. The van der Waals surface area contributed by atoms with Crippen LogP contribution in [0.1, 0.15) is 18.1 Å². The third-order valence-electron chi connectivity index (χ3n) is 4.28. The lowest BCUT2D eigenvalue weighted by molar-refractivity contribution is -0.312. The molecule has 1 aliphatic rings. The number of nitrogens with zero attached hydrogens (tertiary/aromatic N) is 1. The molecular weight excluding hydrogens is 376 g/mol. The summed E-state index contributed by atoms with van der Waals surface area (Å²) < 4.78 is 10.5. The maximum Gasteiger partial charge on any atom is 0.329 e. The van der Waals surface area contributed by atoms with E-state index in [4.69, 9.17) is 9.47 Å². The van der Waals surface area contributed by atoms with Gasteiger partial charge in [0.05, 0.1) is 19.6 Å². The van der Waals surface area contributed by atoms with Crippen molar-refractivity contribution in [1.29, 1.82) is 0 Å². The highest BCUT2D eigenvalue weighted by Crippen LogP contribution is 2.30. The zero-order valence-corrected chi connectivity index (χ0v) is 15.9. The van der Waals surface area contributed by atoms with E-state index < -0.39 is 24.0 Å². The van der Waals surface area contributed by atoms with E-state index in [0.29, 0.717) is 5.56 Å². The van der Waals surface area contributed by atoms with Gasteiger partial charge in [0.2, 0.25) is 0 Å². The average Bonchev–Trinajstić information content (AvgIpc) is 2.97. The molecule has 3 rings (SSSR count). The number of amides is 3. The van der Waals surface area contributed by atoms with Gasteiger partial charge in [0.15, 0.2) is 11.5 Å². The highest BCUT2D eigenvalue weighted by molar-refractivity contribution is 6.13. The molecular formula is C21H19N2O6-. The smallest absolute Gasteiger partial charge is 0.329 e. The molecule has 1 fully saturated rings. The molecule has 0 aliphatic carbocycles. The maximum absolute atomic E-state index is 12.6. The summed E-state index contributed by atoms with van der Waals surface area (Å²) in [5, 5.41) is 13.4. The number of hydrogen-bond acceptors (Lipinski definition) is 6. The number of methoxy groups -OCH3 is 1. The quantitative estimate of drug-likeness (QED) is 0.559. The van der Waals surface area contributed by atoms with Gasteiger partial charge in [-0.3, -0.25) is 9.69 Å². The van der Waals surface area contributed by atoms with Gasteiger partial charge in [0, 0.05) is 0 Å². The molecule has 150 valence electrons. The summed E-state index contributed by atoms with van der Waals surface area (Å²) in [7, 11) is 1.41. The molecule has 0 spiro atoms. The Balaban J connectivity index is 1.80. The first-order valence-electron chi connectivity index (χ1n) is 8.83. The van der Waals surface area contributed by atoms with Crippen LogP contribution < -0.4 is 19.9 Å². The van der Waals surface area contributed by atoms with Gasteiger partial charge >= 0.3 is 6.03 Å². The zero-order valence-electron chi connectivity index (χ0n) is 15.9. The Hall–Kier alpha value is -3.81. The van der Waals surface area contributed by atoms with E-state index in [1.807, 2.05) is 30.3 Å². The molecule has 1 heterocycles. The second kappa shape index (κ2) is 8.47. The number of imide groups is 1. The second-order valence-electron chi connectivity index (χ2n) is 6.35. The first kappa shape index (κ1) is 19.9. The summed E-state index contributed by atoms with van der Waals surface area (Å²) >= 11 is 0. The summed E-state index contributed by atoms with van der Waals surface area (Å²) in [6.45, 7) is 1.51. The monoisotopic (exact) mass is 395 g/mol. The predicted molar refractivity (Wildman–Crippen MR) is 102 cm³/mol. The van der Waals surface area contributed by atoms with Crippen LogP contribution in [0.4, 0.5) is 4.79 Å². The number of carbonyl (C=O) groups is 3. The number of nitrogens with one attached hydrogen (secondary N) is 1. The van der Waals surface area contributed by atoms with E-state index in [1.165, 1.54) is 26.2 Å². The zero-order chi connectivity index (χ0) is 21.0. The second-order valence-corrected chi connectivity index (χ2v) is 6.35. The van der Waals surface area contributed by atoms with Crippen molar-refractivity contribution >= 4 is 24.0 Å². The van der Waals surface area contributed by atoms with Gasteiger partial charge in [0.1, 0.15) is 11.8 Å². The van der Waals surface area contributed by atoms with E-state index >= 15 is 0 Å². The molecule has 1 saturated heterocycles. The fraction of sp³-hybridized carbons (Fsp3) is 0.190. The lowest BCUT2D eigenvalue weighted by atomic mass is 10.1. The summed E-state index contributed by atoms with van der Waals surface area (Å²) in [5.74, 6) is -1.29. The molecule has 0 saturated carbocycles. The molecule has 29 heavy (non-hydrogen) atoms. The van der Waals surface area contributed by atoms with Crippen LogP contribution in [0.25, 0.3) is 6.08 Å². The van der Waals surface area contributed by atoms with E-state index in [1.54, 1.807) is 12.1 Å². The lowest BCUT2D eigenvalue weighted by Gasteiger charge is -2.17. The summed E-state index contributed by atoms with van der Waals surface area (Å²) in [4.78, 5) is 36.8. The van der Waals surface area contributed by atoms with Crippen LogP contribution in [0, 0.1) is 0 Å². The van der Waals surface area contributed by atoms with Gasteiger partial charge in [-0.05, 0) is 36.3 Å². The van der Waals surface area contributed by atoms with E-state index in [0.717, 1.165) is 10.5 Å². The van der Waals surface area contributed by atoms with E-state index in [9.17, 15) is 19.5 Å². The van der Waals surface area contributed by atoms with Gasteiger partial charge in [-0.2, -0.15) is 0 Å². The van der Waals surface area contributed by atoms with Crippen molar-refractivity contribution in [1.82, 2.24) is 10.2 Å². The van der Waals surface area contributed by atoms with Crippen LogP contribution >= 0.6 is 0 Å². The standard InChI is InChI=1S/C21H20N2O6/c1-13(20(25)26)29-17-9-8-15(11-18(17)28-2)10-16-19(24)23(21(27)22-16)12-14-6-4-3-5-7-14/h3-11,13H,12H2,1-2H3,(H,22,27)(H,25,26)/p-1/b16-10-/t13-/m0/s1. The molecule has 3 amide bonds. The topological polar surface area (TPSA) is 108 Å². The minimum absolute atomic E-state index is 0.129. The number of urea groups is 1. The Kier molecular flexibility index (Phi) is 5.82. The number of carboxylic acid groups (broad SMARTS) is 1. The summed E-state index contributed by atoms with van der Waals surface area (Å²) in [6, 6.07) is 13.4. The minimum atomic E-state index is -1.35. The van der Waals surface area contributed by atoms with E-state index in [-0.39, 0.29) is 23.7 Å². The van der Waals surface area contributed by atoms with Crippen molar-refractivity contribution in [3.05, 3.63) is 65.4 Å². The molecule has 1 aliphatic heterocycles. The Bertz CT molecular complexity index is 970. The highest BCUT2D eigenvalue weighted by Gasteiger charge is 2.33. The largest absolute Gasteiger partial charge is 0.546 e. The van der Waals surface area contributed by atoms with Crippen molar-refractivity contribution in [3.8, 4) is 11.5 Å². The Morgan fingerprint density at radius 1 is 1.17 bits per heavy atom. The Labute approximate surface area is 167 Å². The summed E-state index contributed by atoms with van der Waals surface area (Å²) in [5.41, 5.74) is 1.53. The minimum Gasteiger partial charge on any atom is -0.546 e. The van der Waals surface area contributed by atoms with Crippen molar-refractivity contribution < 1.29 is 29.0 Å². The average molecular weight is 395 g/mol. The van der Waals surface area contributed by atoms with Crippen LogP contribution in [0.3, 0.4) is 0 Å². The Morgan fingerprint density at radius 2 is 1.90 bits per heavy atom. The molecule has 8 nitrogen and oxygen atoms in total. The molecule has 8 heteroatoms. The van der Waals surface area contributed by atoms with Crippen LogP contribution in [0.5, 0.6) is 11.5 Å². The molecule has 1 atom stereocenters. The predicted octanol–water partition coefficient (Wildman–Crippen LogP) is 1.31. The number of carboxylic acids is 1. The van der Waals surface area contributed by atoms with Gasteiger partial charge in [0.25, 0.3) is 5.91 Å². The molecule has 0 radical (unpaired) electrons. The van der Waals surface area contributed by atoms with Crippen molar-refractivity contribution in [2.45, 2.75) is 19.6 Å². The van der Waals surface area contributed by atoms with Crippen LogP contribution in [0.2, 0.25) is 0 Å². The van der Waals surface area contributed by atoms with Gasteiger partial charge < -0.3 is 24.7 Å². The molecule has 0 aromatic heterocycles. The third-order valence-corrected chi connectivity index (χ3v) is 4.28. The molecule has 0 bridgehead atoms. The fourth-order valence-electron chi connectivity index (χ4n) is 2.76. The van der Waals surface area contributed by atoms with E-state index in [2.05, 4.69) is 5.32 Å². The van der Waals surface area contributed by atoms with Gasteiger partial charge in [-0.25, -0.2) is 4.79 Å². The van der Waals surface area contributed by atoms with Crippen molar-refractivity contribution in [2.75, 3.05) is 7.11 Å². The van der Waals surface area contributed by atoms with Crippen LogP contribution in [-0.4, -0.2) is 36.0 Å². The number of carbonyl (C=O) groups excluding carboxylic acids is 3. The molecule has 2 aromatic carbocycles. The third kappa shape index (κ3) is 4.55. The normalized spacial score (nSPS) is 15.9. The van der Waals surface area contributed by atoms with Crippen molar-refractivity contribution in [2.24, 2.45) is 0 Å². The molecule has 2 aromatic rings. The van der Waals surface area contributed by atoms with Crippen molar-refractivity contribution in [3.63, 3.8) is 0 Å².